The molecule has 690 valence electrons. The van der Waals surface area contributed by atoms with E-state index in [2.05, 4.69) is 33.9 Å². The van der Waals surface area contributed by atoms with E-state index >= 15 is 0 Å². The zero-order valence-corrected chi connectivity index (χ0v) is 79.0. The minimum atomic E-state index is -1.92. The zero-order valence-electron chi connectivity index (χ0n) is 76.9. The number of hydrogen-bond donors (Lipinski definition) is 1. The van der Waals surface area contributed by atoms with Crippen molar-refractivity contribution in [1.82, 2.24) is 59.0 Å². The maximum absolute atomic E-state index is 13.6. The zero-order chi connectivity index (χ0) is 95.6. The molecule has 6 aromatic heterocycles. The fourth-order valence-electron chi connectivity index (χ4n) is 13.6. The van der Waals surface area contributed by atoms with E-state index < -0.39 is 66.3 Å². The Bertz CT molecular complexity index is 5520. The molecule has 0 radical (unpaired) electrons. The molecule has 2 fully saturated rings. The topological polar surface area (TPSA) is 350 Å². The molecule has 9 aromatic rings. The number of ether oxygens (including phenoxy) is 6. The van der Waals surface area contributed by atoms with Gasteiger partial charge in [0.05, 0.1) is 91.0 Å². The number of methoxy groups -OCH3 is 3. The van der Waals surface area contributed by atoms with E-state index in [0.717, 1.165) is 63.4 Å². The van der Waals surface area contributed by atoms with Gasteiger partial charge in [-0.3, -0.25) is 9.18 Å². The Morgan fingerprint density at radius 2 is 0.850 bits per heavy atom. The summed E-state index contributed by atoms with van der Waals surface area (Å²) in [7, 11) is 2.59. The predicted octanol–water partition coefficient (Wildman–Crippen LogP) is 18.8. The first-order valence-corrected chi connectivity index (χ1v) is 43.2. The van der Waals surface area contributed by atoms with Crippen molar-refractivity contribution >= 4 is 99.5 Å². The molecule has 3 amide bonds. The molecule has 0 saturated carbocycles. The second kappa shape index (κ2) is 44.1. The summed E-state index contributed by atoms with van der Waals surface area (Å²) in [6.07, 6.45) is 5.78. The first kappa shape index (κ1) is 101. The van der Waals surface area contributed by atoms with Gasteiger partial charge in [-0.25, -0.2) is 70.9 Å². The van der Waals surface area contributed by atoms with E-state index in [4.69, 9.17) is 77.6 Å². The quantitative estimate of drug-likeness (QED) is 0.0514. The number of carbonyl (C=O) groups excluding carboxylic acids is 6. The van der Waals surface area contributed by atoms with Crippen LogP contribution in [0.15, 0.2) is 109 Å². The van der Waals surface area contributed by atoms with E-state index in [9.17, 15) is 46.3 Å². The van der Waals surface area contributed by atoms with Gasteiger partial charge < -0.3 is 57.5 Å². The number of rotatable bonds is 12. The van der Waals surface area contributed by atoms with Crippen molar-refractivity contribution in [3.63, 3.8) is 0 Å². The number of piperidine rings is 1. The monoisotopic (exact) mass is 1970 g/mol. The van der Waals surface area contributed by atoms with Crippen LogP contribution in [0.5, 0.6) is 0 Å². The van der Waals surface area contributed by atoms with Crippen LogP contribution in [0.25, 0.3) is 55.7 Å². The molecular formula is C90H114BClF4N12O18Pt. The van der Waals surface area contributed by atoms with Crippen LogP contribution in [0.2, 0.25) is 5.02 Å². The van der Waals surface area contributed by atoms with Crippen LogP contribution in [0.1, 0.15) is 249 Å². The molecule has 4 aliphatic rings. The molecule has 13 rings (SSSR count). The van der Waals surface area contributed by atoms with Crippen molar-refractivity contribution < 1.29 is 121 Å². The van der Waals surface area contributed by atoms with Crippen molar-refractivity contribution in [2.24, 2.45) is 0 Å². The number of benzene rings is 3. The van der Waals surface area contributed by atoms with Crippen molar-refractivity contribution in [3.05, 3.63) is 176 Å². The normalized spacial score (nSPS) is 15.1. The molecule has 0 spiro atoms. The first-order chi connectivity index (χ1) is 59.8. The van der Waals surface area contributed by atoms with E-state index in [-0.39, 0.29) is 94.8 Å². The number of halogens is 5. The van der Waals surface area contributed by atoms with Crippen LogP contribution in [-0.2, 0) is 67.8 Å². The number of esters is 3. The van der Waals surface area contributed by atoms with Gasteiger partial charge in [-0.1, -0.05) is 65.3 Å². The van der Waals surface area contributed by atoms with Gasteiger partial charge in [-0.05, 0) is 253 Å². The van der Waals surface area contributed by atoms with Gasteiger partial charge in [0, 0.05) is 51.6 Å². The van der Waals surface area contributed by atoms with Gasteiger partial charge in [0.15, 0.2) is 34.0 Å². The van der Waals surface area contributed by atoms with Crippen LogP contribution >= 0.6 is 11.6 Å². The summed E-state index contributed by atoms with van der Waals surface area (Å²) in [5.41, 5.74) is 7.79. The standard InChI is InChI=1S/C27H33FN4O4.C27H31FN4O4.C17H15ClFN3O2.C16H28BNO4.C2H4O2.CH3F.2O.Pt/c2*1-16(2)23-22-20(17-11-13-31(14-12-17)26(34)36-27(3,4)5)15-21(25(33)35-6)29-24(22)32(30-23)19-9-7-18(28)8-10-19;1-9(2)15-14-12(18)8-13(17(23)24-3)20-16(14)22(21-15)11-6-4-10(19)5-7-11;1-14(2,3)20-13(19)18-10-8-12(9-11-18)17-21-15(4,5)16(6,7)22-17;1-2(3)4;1-2;;;/h7-10,15-17H,11-14H2,1-6H3;7-11,15-16H,12-14H2,1-6H3;4-9H,1-3H3;8H,9-11H2,1-7H3;1H3,(H,3,4);1H3;;;/i;;;;;1D;;;. The molecular weight excluding hydrogens is 1850 g/mol. The minimum absolute atomic E-state index is 0.0566. The van der Waals surface area contributed by atoms with Crippen molar-refractivity contribution in [3.8, 4) is 17.1 Å². The molecule has 4 aliphatic heterocycles. The third kappa shape index (κ3) is 27.0. The van der Waals surface area contributed by atoms with Gasteiger partial charge in [0.2, 0.25) is 0 Å². The van der Waals surface area contributed by atoms with Crippen LogP contribution in [0, 0.1) is 17.5 Å². The number of hydrogen-bond acceptors (Lipinski definition) is 23. The number of likely N-dealkylation sites (tertiary alicyclic amines) is 1. The molecule has 0 atom stereocenters. The third-order valence-electron chi connectivity index (χ3n) is 20.3. The molecule has 0 unspecified atom stereocenters. The number of nitrogens with zero attached hydrogens (tertiary/aromatic N) is 12. The summed E-state index contributed by atoms with van der Waals surface area (Å²) in [4.78, 5) is 102. The van der Waals surface area contributed by atoms with E-state index in [1.165, 1.54) is 63.8 Å². The van der Waals surface area contributed by atoms with Gasteiger partial charge in [0.25, 0.3) is 5.97 Å². The molecule has 37 heteroatoms. The van der Waals surface area contributed by atoms with E-state index in [0.29, 0.717) is 103 Å². The van der Waals surface area contributed by atoms with Crippen molar-refractivity contribution in [2.45, 2.75) is 216 Å². The van der Waals surface area contributed by atoms with Gasteiger partial charge in [-0.2, -0.15) is 15.3 Å². The summed E-state index contributed by atoms with van der Waals surface area (Å²) in [5.74, 6) is -3.26. The Kier molecular flexibility index (Phi) is 35.2. The predicted molar refractivity (Wildman–Crippen MR) is 466 cm³/mol. The first-order valence-electron chi connectivity index (χ1n) is 41.6. The second-order valence-electron chi connectivity index (χ2n) is 34.8. The number of fused-ring (bicyclic) bond motifs is 3. The fraction of sp³-hybridized carbons (Fsp3) is 0.478. The van der Waals surface area contributed by atoms with E-state index in [1.807, 2.05) is 130 Å². The van der Waals surface area contributed by atoms with Crippen LogP contribution in [0.4, 0.5) is 31.9 Å². The molecule has 0 bridgehead atoms. The Balaban J connectivity index is 0.000000230. The molecule has 3 aromatic carbocycles. The molecule has 30 nitrogen and oxygen atoms in total. The number of carbonyl (C=O) groups is 7. The summed E-state index contributed by atoms with van der Waals surface area (Å²) < 4.78 is 121. The molecule has 127 heavy (non-hydrogen) atoms. The summed E-state index contributed by atoms with van der Waals surface area (Å²) in [6.45, 7) is 41.2. The Morgan fingerprint density at radius 1 is 0.528 bits per heavy atom. The molecule has 0 aliphatic carbocycles. The third-order valence-corrected chi connectivity index (χ3v) is 20.6. The maximum atomic E-state index is 13.6. The van der Waals surface area contributed by atoms with Crippen LogP contribution in [-0.4, -0.2) is 209 Å². The number of pyridine rings is 3. The number of amides is 3. The summed E-state index contributed by atoms with van der Waals surface area (Å²) in [5, 5.41) is 24.4. The van der Waals surface area contributed by atoms with Crippen LogP contribution in [0.3, 0.4) is 0 Å². The number of alkyl halides is 1. The van der Waals surface area contributed by atoms with E-state index in [1.54, 1.807) is 77.3 Å². The van der Waals surface area contributed by atoms with Crippen LogP contribution < -0.4 is 0 Å². The average molecular weight is 1970 g/mol. The Hall–Kier alpha value is -11.0. The van der Waals surface area contributed by atoms with Gasteiger partial charge in [-0.15, -0.1) is 0 Å². The summed E-state index contributed by atoms with van der Waals surface area (Å²) in [6, 6.07) is 22.8. The Labute approximate surface area is 752 Å². The molecule has 2 saturated heterocycles. The number of aromatic nitrogens is 9. The van der Waals surface area contributed by atoms with Crippen molar-refractivity contribution in [1.29, 1.82) is 0 Å². The SMILES string of the molecule is CC(=O)O.CC(C)(C)OC(=O)N1CC=C(B2OC(C)(C)C(C)(C)O2)CC1.COC(=O)c1cc(C2=CCN(C(=O)OC(C)(C)C)CC2)c2c(C(C)C)nn(-c3ccc(F)cc3)c2n1.COC(=O)c1cc(C2CCN(C(=O)OC(C)(C)C)CC2)c2c(C(C)C)nn(-c3ccc(F)cc3)c2n1.COC(=O)c1cc(Cl)c2c(C(C)C)nn(-c3ccc(F)cc3)c2n1.[2H]CF.[O]=[Pt]=[O]. The number of carboxylic acids is 1. The van der Waals surface area contributed by atoms with Gasteiger partial charge >= 0.3 is 68.6 Å². The van der Waals surface area contributed by atoms with Crippen molar-refractivity contribution in [2.75, 3.05) is 67.8 Å². The Morgan fingerprint density at radius 3 is 1.19 bits per heavy atom. The average Bonchev–Trinajstić information content (AvgIpc) is 1.60. The number of aliphatic carboxylic acids is 1. The number of carboxylic acid groups (broad SMARTS) is 1. The second-order valence-corrected chi connectivity index (χ2v) is 35.5. The molecule has 10 heterocycles. The fourth-order valence-corrected chi connectivity index (χ4v) is 13.9. The van der Waals surface area contributed by atoms with Gasteiger partial charge in [0.1, 0.15) is 34.3 Å². The molecule has 1 N–H and O–H groups in total. The summed E-state index contributed by atoms with van der Waals surface area (Å²) >= 11 is 4.46.